The first kappa shape index (κ1) is 24.6. The van der Waals surface area contributed by atoms with Gasteiger partial charge in [0.25, 0.3) is 5.91 Å². The van der Waals surface area contributed by atoms with Gasteiger partial charge in [0.05, 0.1) is 0 Å². The van der Waals surface area contributed by atoms with Crippen molar-refractivity contribution < 1.29 is 38.1 Å². The molecule has 0 saturated carbocycles. The molecule has 0 bridgehead atoms. The van der Waals surface area contributed by atoms with Gasteiger partial charge in [-0.3, -0.25) is 23.7 Å². The number of carbonyl (C=O) groups is 4. The third-order valence-corrected chi connectivity index (χ3v) is 4.72. The topological polar surface area (TPSA) is 152 Å². The highest BCUT2D eigenvalue weighted by Gasteiger charge is 2.50. The molecule has 1 saturated heterocycles. The van der Waals surface area contributed by atoms with Crippen LogP contribution in [0.3, 0.4) is 0 Å². The lowest BCUT2D eigenvalue weighted by atomic mass is 10.1. The number of amides is 1. The predicted octanol–water partition coefficient (Wildman–Crippen LogP) is 0.819. The molecule has 1 N–H and O–H groups in total. The summed E-state index contributed by atoms with van der Waals surface area (Å²) in [6.07, 6.45) is -3.36. The number of nitrogens with one attached hydrogen (secondary N) is 1. The minimum Gasteiger partial charge on any atom is -0.463 e. The summed E-state index contributed by atoms with van der Waals surface area (Å²) in [5.41, 5.74) is -0.456. The standard InChI is InChI=1S/C22H23N3O9/c1-12(26)31-11-16-18(32-13(2)27)19(33-14(3)28)21(34-16)25-10-9-17(24-22(25)30)23-20(29)15-7-5-4-6-8-15/h4-10,16,18-19,21H,11H2,1-3H3,(H,23,24,29,30)/t16-,18?,19?,21-/m1/s1. The van der Waals surface area contributed by atoms with Crippen LogP contribution in [-0.4, -0.2) is 58.3 Å². The third kappa shape index (κ3) is 6.04. The Labute approximate surface area is 193 Å². The number of hydrogen-bond acceptors (Lipinski definition) is 10. The van der Waals surface area contributed by atoms with Crippen LogP contribution in [0.1, 0.15) is 37.4 Å². The summed E-state index contributed by atoms with van der Waals surface area (Å²) < 4.78 is 22.3. The highest BCUT2D eigenvalue weighted by Crippen LogP contribution is 2.33. The van der Waals surface area contributed by atoms with Crippen molar-refractivity contribution in [2.45, 2.75) is 45.3 Å². The summed E-state index contributed by atoms with van der Waals surface area (Å²) in [7, 11) is 0. The quantitative estimate of drug-likeness (QED) is 0.452. The zero-order valence-electron chi connectivity index (χ0n) is 18.6. The van der Waals surface area contributed by atoms with E-state index in [0.717, 1.165) is 18.4 Å². The van der Waals surface area contributed by atoms with Crippen LogP contribution in [0.4, 0.5) is 5.82 Å². The monoisotopic (exact) mass is 473 g/mol. The molecule has 0 aliphatic carbocycles. The largest absolute Gasteiger partial charge is 0.463 e. The van der Waals surface area contributed by atoms with E-state index in [1.807, 2.05) is 0 Å². The zero-order valence-corrected chi connectivity index (χ0v) is 18.6. The lowest BCUT2D eigenvalue weighted by molar-refractivity contribution is -0.166. The number of carbonyl (C=O) groups excluding carboxylic acids is 4. The summed E-state index contributed by atoms with van der Waals surface area (Å²) in [5.74, 6) is -2.48. The molecule has 4 atom stereocenters. The van der Waals surface area contributed by atoms with Gasteiger partial charge >= 0.3 is 23.6 Å². The van der Waals surface area contributed by atoms with E-state index < -0.39 is 54.0 Å². The molecule has 2 unspecified atom stereocenters. The Kier molecular flexibility index (Phi) is 7.74. The molecule has 1 fully saturated rings. The summed E-state index contributed by atoms with van der Waals surface area (Å²) in [6.45, 7) is 3.17. The van der Waals surface area contributed by atoms with Crippen molar-refractivity contribution in [3.63, 3.8) is 0 Å². The molecule has 12 heteroatoms. The fraction of sp³-hybridized carbons (Fsp3) is 0.364. The molecule has 12 nitrogen and oxygen atoms in total. The molecule has 1 aliphatic rings. The number of aromatic nitrogens is 2. The van der Waals surface area contributed by atoms with Crippen molar-refractivity contribution in [3.8, 4) is 0 Å². The molecule has 1 aliphatic heterocycles. The van der Waals surface area contributed by atoms with E-state index in [4.69, 9.17) is 18.9 Å². The Balaban J connectivity index is 1.88. The van der Waals surface area contributed by atoms with Gasteiger partial charge in [-0.05, 0) is 18.2 Å². The number of rotatable bonds is 7. The predicted molar refractivity (Wildman–Crippen MR) is 115 cm³/mol. The maximum atomic E-state index is 12.8. The molecule has 1 amide bonds. The normalized spacial score (nSPS) is 21.4. The lowest BCUT2D eigenvalue weighted by Crippen LogP contribution is -2.41. The van der Waals surface area contributed by atoms with Gasteiger partial charge in [-0.25, -0.2) is 4.79 Å². The van der Waals surface area contributed by atoms with Gasteiger partial charge in [0.1, 0.15) is 18.5 Å². The fourth-order valence-corrected chi connectivity index (χ4v) is 3.37. The summed E-state index contributed by atoms with van der Waals surface area (Å²) in [4.78, 5) is 63.5. The zero-order chi connectivity index (χ0) is 24.8. The molecule has 0 radical (unpaired) electrons. The van der Waals surface area contributed by atoms with Crippen LogP contribution in [0.2, 0.25) is 0 Å². The smallest absolute Gasteiger partial charge is 0.351 e. The van der Waals surface area contributed by atoms with Crippen molar-refractivity contribution in [1.82, 2.24) is 9.55 Å². The van der Waals surface area contributed by atoms with Gasteiger partial charge < -0.3 is 24.3 Å². The Morgan fingerprint density at radius 2 is 1.62 bits per heavy atom. The van der Waals surface area contributed by atoms with Gasteiger partial charge in [0, 0.05) is 32.5 Å². The molecule has 3 rings (SSSR count). The van der Waals surface area contributed by atoms with Crippen LogP contribution in [0.5, 0.6) is 0 Å². The Morgan fingerprint density at radius 3 is 2.21 bits per heavy atom. The van der Waals surface area contributed by atoms with Crippen molar-refractivity contribution in [3.05, 3.63) is 58.6 Å². The van der Waals surface area contributed by atoms with Gasteiger partial charge in [-0.1, -0.05) is 18.2 Å². The van der Waals surface area contributed by atoms with E-state index in [1.54, 1.807) is 30.3 Å². The average molecular weight is 473 g/mol. The number of esters is 3. The van der Waals surface area contributed by atoms with Crippen molar-refractivity contribution in [1.29, 1.82) is 0 Å². The fourth-order valence-electron chi connectivity index (χ4n) is 3.37. The molecule has 2 aromatic rings. The Morgan fingerprint density at radius 1 is 0.971 bits per heavy atom. The summed E-state index contributed by atoms with van der Waals surface area (Å²) in [5, 5.41) is 2.52. The maximum Gasteiger partial charge on any atom is 0.351 e. The number of ether oxygens (including phenoxy) is 4. The van der Waals surface area contributed by atoms with Crippen molar-refractivity contribution >= 4 is 29.6 Å². The molecular formula is C22H23N3O9. The van der Waals surface area contributed by atoms with E-state index in [-0.39, 0.29) is 12.4 Å². The second kappa shape index (κ2) is 10.7. The van der Waals surface area contributed by atoms with Crippen LogP contribution in [-0.2, 0) is 33.3 Å². The highest BCUT2D eigenvalue weighted by atomic mass is 16.7. The summed E-state index contributed by atoms with van der Waals surface area (Å²) in [6, 6.07) is 9.71. The number of anilines is 1. The Bertz CT molecular complexity index is 1130. The van der Waals surface area contributed by atoms with E-state index in [2.05, 4.69) is 10.3 Å². The van der Waals surface area contributed by atoms with Gasteiger partial charge in [-0.15, -0.1) is 0 Å². The molecule has 1 aromatic heterocycles. The number of hydrogen-bond donors (Lipinski definition) is 1. The Hall–Kier alpha value is -4.06. The van der Waals surface area contributed by atoms with Crippen molar-refractivity contribution in [2.75, 3.05) is 11.9 Å². The highest BCUT2D eigenvalue weighted by molar-refractivity contribution is 6.03. The number of nitrogens with zero attached hydrogens (tertiary/aromatic N) is 2. The first-order valence-corrected chi connectivity index (χ1v) is 10.2. The van der Waals surface area contributed by atoms with Gasteiger partial charge in [0.2, 0.25) is 0 Å². The molecule has 2 heterocycles. The third-order valence-electron chi connectivity index (χ3n) is 4.72. The minimum absolute atomic E-state index is 0.00913. The molecular weight excluding hydrogens is 450 g/mol. The second-order valence-corrected chi connectivity index (χ2v) is 7.34. The molecule has 34 heavy (non-hydrogen) atoms. The van der Waals surface area contributed by atoms with E-state index in [9.17, 15) is 24.0 Å². The first-order chi connectivity index (χ1) is 16.2. The van der Waals surface area contributed by atoms with Crippen molar-refractivity contribution in [2.24, 2.45) is 0 Å². The van der Waals surface area contributed by atoms with Crippen LogP contribution < -0.4 is 11.0 Å². The van der Waals surface area contributed by atoms with E-state index >= 15 is 0 Å². The molecule has 1 aromatic carbocycles. The minimum atomic E-state index is -1.24. The molecule has 0 spiro atoms. The van der Waals surface area contributed by atoms with Gasteiger partial charge in [-0.2, -0.15) is 4.98 Å². The van der Waals surface area contributed by atoms with E-state index in [1.165, 1.54) is 19.2 Å². The van der Waals surface area contributed by atoms with Crippen LogP contribution in [0, 0.1) is 0 Å². The second-order valence-electron chi connectivity index (χ2n) is 7.34. The van der Waals surface area contributed by atoms with Crippen LogP contribution >= 0.6 is 0 Å². The molecule has 180 valence electrons. The number of benzene rings is 1. The van der Waals surface area contributed by atoms with E-state index in [0.29, 0.717) is 5.56 Å². The van der Waals surface area contributed by atoms with Crippen LogP contribution in [0.25, 0.3) is 0 Å². The lowest BCUT2D eigenvalue weighted by Gasteiger charge is -2.23. The van der Waals surface area contributed by atoms with Gasteiger partial charge in [0.15, 0.2) is 18.4 Å². The first-order valence-electron chi connectivity index (χ1n) is 10.2. The average Bonchev–Trinajstić information content (AvgIpc) is 3.08. The maximum absolute atomic E-state index is 12.8. The van der Waals surface area contributed by atoms with Crippen LogP contribution in [0.15, 0.2) is 47.4 Å². The SMILES string of the molecule is CC(=O)OC[C@H]1O[C@@H](n2ccc(NC(=O)c3ccccc3)nc2=O)C(OC(C)=O)C1OC(C)=O. The summed E-state index contributed by atoms with van der Waals surface area (Å²) >= 11 is 0.